The topological polar surface area (TPSA) is 229 Å². The summed E-state index contributed by atoms with van der Waals surface area (Å²) in [6.45, 7) is 34.6. The van der Waals surface area contributed by atoms with Gasteiger partial charge in [0.1, 0.15) is 5.60 Å². The van der Waals surface area contributed by atoms with Crippen molar-refractivity contribution in [2.24, 2.45) is 92.7 Å². The number of nitrogens with zero attached hydrogens (tertiary/aromatic N) is 2. The number of amides is 4. The van der Waals surface area contributed by atoms with E-state index in [4.69, 9.17) is 4.74 Å². The minimum absolute atomic E-state index is 0.00800. The van der Waals surface area contributed by atoms with Crippen molar-refractivity contribution in [3.8, 4) is 0 Å². The van der Waals surface area contributed by atoms with Crippen LogP contribution in [-0.4, -0.2) is 133 Å². The monoisotopic (exact) mass is 1350 g/mol. The maximum Gasteiger partial charge on any atom is 0.410 e. The molecular weight excluding hydrogens is 1220 g/mol. The number of hydrogen-bond acceptors (Lipinski definition) is 11. The number of carbonyl (C=O) groups is 4. The number of carbonyl (C=O) groups excluding carboxylic acids is 4. The predicted molar refractivity (Wildman–Crippen MR) is 382 cm³/mol. The van der Waals surface area contributed by atoms with E-state index in [9.17, 15) is 49.8 Å². The van der Waals surface area contributed by atoms with Crippen molar-refractivity contribution >= 4 is 23.8 Å². The number of ether oxygens (including phenoxy) is 1. The molecule has 8 aliphatic rings. The minimum atomic E-state index is -0.715. The van der Waals surface area contributed by atoms with Gasteiger partial charge < -0.3 is 50.9 Å². The summed E-state index contributed by atoms with van der Waals surface area (Å²) in [4.78, 5) is 59.7. The van der Waals surface area contributed by atoms with Gasteiger partial charge in [-0.25, -0.2) is 4.79 Å². The smallest absolute Gasteiger partial charge is 0.410 e. The Morgan fingerprint density at radius 1 is 0.536 bits per heavy atom. The van der Waals surface area contributed by atoms with Crippen molar-refractivity contribution in [1.29, 1.82) is 0 Å². The van der Waals surface area contributed by atoms with Crippen LogP contribution in [-0.2, 0) is 38.2 Å². The molecule has 8 aliphatic carbocycles. The first-order valence-corrected chi connectivity index (χ1v) is 38.5. The molecule has 0 aromatic heterocycles. The Bertz CT molecular complexity index is 2910. The van der Waals surface area contributed by atoms with Crippen molar-refractivity contribution < 1.29 is 54.6 Å². The highest BCUT2D eigenvalue weighted by Gasteiger charge is 2.68. The molecule has 0 bridgehead atoms. The molecule has 15 heteroatoms. The van der Waals surface area contributed by atoms with Crippen molar-refractivity contribution in [2.75, 3.05) is 26.2 Å². The fraction of sp³-hybridized carbons (Fsp3) is 0.805. The molecule has 0 saturated heterocycles. The standard InChI is InChI=1S/C82H130N4O11/c1-49(60-24-26-62-72-64(45-68(91)81(60,62)14)79(12)32-30-58(87)41-56(79)43-66(72)89)18-28-70(93)83-34-16-36-85(74(95)53-22-20-51(21-23-53)47-86(75(96)97-78(9,10)11)48-52-38-54(76(3,4)5)40-55(39-52)77(6,7)8)37-17-35-84-71(94)29-19-50(2)61-25-27-63-73-65(46-69(92)82(61,63)15)80(13)33-31-59(88)42-57(80)44-67(73)90/h20-23,38-40,49-50,56-69,72-73,87-92H,16-19,24-37,41-48H2,1-15H3,(H,83,93)(H,84,94)/t49-,50-,56+,57+,58-,59-,60-,61-,62+,63+,64+,65+,66-,67-,68+,69+,72+,73+,79+,80+,81-,82-/m1/s1. The van der Waals surface area contributed by atoms with Gasteiger partial charge in [0.15, 0.2) is 0 Å². The Kier molecular flexibility index (Phi) is 22.8. The number of aliphatic hydroxyl groups excluding tert-OH is 6. The molecule has 8 N–H and O–H groups in total. The minimum Gasteiger partial charge on any atom is -0.444 e. The van der Waals surface area contributed by atoms with E-state index in [1.54, 1.807) is 4.90 Å². The number of benzene rings is 2. The van der Waals surface area contributed by atoms with Crippen LogP contribution < -0.4 is 10.6 Å². The lowest BCUT2D eigenvalue weighted by atomic mass is 9.43. The highest BCUT2D eigenvalue weighted by atomic mass is 16.6. The first-order valence-electron chi connectivity index (χ1n) is 38.5. The number of hydrogen-bond donors (Lipinski definition) is 8. The summed E-state index contributed by atoms with van der Waals surface area (Å²) in [7, 11) is 0. The van der Waals surface area contributed by atoms with Gasteiger partial charge in [-0.05, 0) is 274 Å². The second kappa shape index (κ2) is 29.3. The van der Waals surface area contributed by atoms with Crippen LogP contribution in [0.4, 0.5) is 4.79 Å². The fourth-order valence-corrected chi connectivity index (χ4v) is 22.4. The Labute approximate surface area is 583 Å². The van der Waals surface area contributed by atoms with Gasteiger partial charge in [0.05, 0.1) is 36.6 Å². The third kappa shape index (κ3) is 15.8. The van der Waals surface area contributed by atoms with Gasteiger partial charge in [0.25, 0.3) is 5.91 Å². The average Bonchev–Trinajstić information content (AvgIpc) is 1.68. The van der Waals surface area contributed by atoms with Gasteiger partial charge in [0, 0.05) is 57.7 Å². The second-order valence-corrected chi connectivity index (χ2v) is 37.2. The van der Waals surface area contributed by atoms with Crippen molar-refractivity contribution in [3.63, 3.8) is 0 Å². The number of nitrogens with one attached hydrogen (secondary N) is 2. The van der Waals surface area contributed by atoms with Crippen molar-refractivity contribution in [1.82, 2.24) is 20.4 Å². The van der Waals surface area contributed by atoms with Crippen LogP contribution in [0.1, 0.15) is 265 Å². The molecule has 4 amide bonds. The number of fused-ring (bicyclic) bond motifs is 10. The molecule has 544 valence electrons. The van der Waals surface area contributed by atoms with E-state index in [1.807, 2.05) is 49.9 Å². The Balaban J connectivity index is 0.760. The summed E-state index contributed by atoms with van der Waals surface area (Å²) in [5, 5.41) is 75.5. The maximum absolute atomic E-state index is 14.7. The third-order valence-corrected chi connectivity index (χ3v) is 28.2. The lowest BCUT2D eigenvalue weighted by Gasteiger charge is -2.63. The number of aliphatic hydroxyl groups is 6. The zero-order chi connectivity index (χ0) is 70.7. The highest BCUT2D eigenvalue weighted by molar-refractivity contribution is 5.94. The summed E-state index contributed by atoms with van der Waals surface area (Å²) in [5.74, 6) is 2.27. The molecule has 0 aliphatic heterocycles. The molecular formula is C82H130N4O11. The van der Waals surface area contributed by atoms with Gasteiger partial charge in [-0.2, -0.15) is 0 Å². The summed E-state index contributed by atoms with van der Waals surface area (Å²) in [6.07, 6.45) is 11.8. The lowest BCUT2D eigenvalue weighted by molar-refractivity contribution is -0.207. The van der Waals surface area contributed by atoms with Gasteiger partial charge in [-0.3, -0.25) is 19.3 Å². The molecule has 15 nitrogen and oxygen atoms in total. The molecule has 10 rings (SSSR count). The predicted octanol–water partition coefficient (Wildman–Crippen LogP) is 13.4. The molecule has 97 heavy (non-hydrogen) atoms. The van der Waals surface area contributed by atoms with Crippen molar-refractivity contribution in [2.45, 2.75) is 298 Å². The summed E-state index contributed by atoms with van der Waals surface area (Å²) < 4.78 is 6.00. The van der Waals surface area contributed by atoms with Crippen LogP contribution >= 0.6 is 0 Å². The summed E-state index contributed by atoms with van der Waals surface area (Å²) in [6, 6.07) is 14.1. The second-order valence-electron chi connectivity index (χ2n) is 37.2. The molecule has 0 spiro atoms. The van der Waals surface area contributed by atoms with Crippen LogP contribution in [0.25, 0.3) is 0 Å². The Hall–Kier alpha value is -4.12. The third-order valence-electron chi connectivity index (χ3n) is 28.2. The zero-order valence-corrected chi connectivity index (χ0v) is 62.4. The summed E-state index contributed by atoms with van der Waals surface area (Å²) >= 11 is 0. The average molecular weight is 1350 g/mol. The van der Waals surface area contributed by atoms with Gasteiger partial charge >= 0.3 is 6.09 Å². The number of rotatable bonds is 21. The first-order chi connectivity index (χ1) is 45.4. The first kappa shape index (κ1) is 75.5. The SMILES string of the molecule is C[C@H](CCC(=O)NCCCN(CCCNC(=O)CC[C@@H](C)[C@H]1CC[C@H]2[C@@H]3[C@H](O)C[C@@H]4C[C@H](O)CC[C@]4(C)[C@H]3C[C@H](O)[C@]12C)C(=O)c1ccc(CN(Cc2cc(C(C)(C)C)cc(C(C)(C)C)c2)C(=O)OC(C)(C)C)cc1)[C@H]1CC[C@H]2[C@@H]3[C@H](O)C[C@@H]4C[C@H](O)CC[C@]4(C)[C@H]3C[C@H](O)[C@]12C. The molecule has 2 aromatic carbocycles. The van der Waals surface area contributed by atoms with Crippen LogP contribution in [0.15, 0.2) is 42.5 Å². The quantitative estimate of drug-likeness (QED) is 0.0548. The van der Waals surface area contributed by atoms with E-state index >= 15 is 0 Å². The lowest BCUT2D eigenvalue weighted by Crippen LogP contribution is -2.62. The normalized spacial score (nSPS) is 36.9. The van der Waals surface area contributed by atoms with Crippen LogP contribution in [0.2, 0.25) is 0 Å². The molecule has 22 atom stereocenters. The van der Waals surface area contributed by atoms with E-state index < -0.39 is 36.1 Å². The van der Waals surface area contributed by atoms with Crippen LogP contribution in [0.3, 0.4) is 0 Å². The molecule has 0 heterocycles. The fourth-order valence-electron chi connectivity index (χ4n) is 22.4. The van der Waals surface area contributed by atoms with E-state index in [2.05, 4.69) is 112 Å². The van der Waals surface area contributed by atoms with E-state index in [0.29, 0.717) is 89.7 Å². The van der Waals surface area contributed by atoms with Crippen LogP contribution in [0.5, 0.6) is 0 Å². The van der Waals surface area contributed by atoms with Gasteiger partial charge in [-0.1, -0.05) is 113 Å². The highest BCUT2D eigenvalue weighted by Crippen LogP contribution is 2.70. The molecule has 8 fully saturated rings. The van der Waals surface area contributed by atoms with E-state index in [1.165, 1.54) is 11.1 Å². The molecule has 2 aromatic rings. The maximum atomic E-state index is 14.7. The van der Waals surface area contributed by atoms with Gasteiger partial charge in [0.2, 0.25) is 11.8 Å². The largest absolute Gasteiger partial charge is 0.444 e. The molecule has 0 unspecified atom stereocenters. The Morgan fingerprint density at radius 3 is 1.37 bits per heavy atom. The molecule has 8 saturated carbocycles. The van der Waals surface area contributed by atoms with Gasteiger partial charge in [-0.15, -0.1) is 0 Å². The molecule has 0 radical (unpaired) electrons. The summed E-state index contributed by atoms with van der Waals surface area (Å²) in [5.41, 5.74) is 3.12. The van der Waals surface area contributed by atoms with Crippen molar-refractivity contribution in [3.05, 3.63) is 70.3 Å². The van der Waals surface area contributed by atoms with Crippen LogP contribution in [0, 0.1) is 92.7 Å². The van der Waals surface area contributed by atoms with E-state index in [0.717, 1.165) is 88.2 Å². The zero-order valence-electron chi connectivity index (χ0n) is 62.4. The van der Waals surface area contributed by atoms with E-state index in [-0.39, 0.29) is 140 Å². The Morgan fingerprint density at radius 2 is 0.959 bits per heavy atom.